The Kier molecular flexibility index (Phi) is 4.55. The minimum absolute atomic E-state index is 0.0500. The second-order valence-electron chi connectivity index (χ2n) is 6.23. The summed E-state index contributed by atoms with van der Waals surface area (Å²) in [6.45, 7) is 4.57. The van der Waals surface area contributed by atoms with E-state index in [0.717, 1.165) is 35.7 Å². The highest BCUT2D eigenvalue weighted by molar-refractivity contribution is 7.10. The Bertz CT molecular complexity index is 693. The lowest BCUT2D eigenvalue weighted by molar-refractivity contribution is 0.0668. The molecule has 0 aromatic carbocycles. The molecule has 2 aromatic heterocycles. The van der Waals surface area contributed by atoms with E-state index in [4.69, 9.17) is 0 Å². The van der Waals surface area contributed by atoms with E-state index in [0.29, 0.717) is 12.0 Å². The molecule has 124 valence electrons. The number of amides is 1. The zero-order valence-corrected chi connectivity index (χ0v) is 14.6. The Morgan fingerprint density at radius 3 is 2.91 bits per heavy atom. The summed E-state index contributed by atoms with van der Waals surface area (Å²) in [7, 11) is 1.86. The van der Waals surface area contributed by atoms with Crippen LogP contribution >= 0.6 is 11.3 Å². The fraction of sp³-hybridized carbons (Fsp3) is 0.529. The van der Waals surface area contributed by atoms with Crippen LogP contribution in [0.1, 0.15) is 52.0 Å². The lowest BCUT2D eigenvalue weighted by Crippen LogP contribution is -2.37. The average Bonchev–Trinajstić information content (AvgIpc) is 3.21. The van der Waals surface area contributed by atoms with Crippen LogP contribution in [0.5, 0.6) is 0 Å². The summed E-state index contributed by atoms with van der Waals surface area (Å²) in [6.07, 6.45) is 2.05. The number of aromatic nitrogens is 2. The van der Waals surface area contributed by atoms with E-state index >= 15 is 0 Å². The van der Waals surface area contributed by atoms with Crippen molar-refractivity contribution in [3.8, 4) is 0 Å². The number of aliphatic hydroxyl groups excluding tert-OH is 1. The average molecular weight is 333 g/mol. The molecule has 0 saturated carbocycles. The van der Waals surface area contributed by atoms with Crippen LogP contribution in [0.25, 0.3) is 0 Å². The van der Waals surface area contributed by atoms with E-state index in [2.05, 4.69) is 5.10 Å². The molecule has 1 N–H and O–H groups in total. The first-order valence-corrected chi connectivity index (χ1v) is 8.89. The number of carbonyl (C=O) groups excluding carboxylic acids is 1. The van der Waals surface area contributed by atoms with Crippen molar-refractivity contribution in [1.82, 2.24) is 14.7 Å². The van der Waals surface area contributed by atoms with Crippen LogP contribution in [-0.4, -0.2) is 38.3 Å². The predicted octanol–water partition coefficient (Wildman–Crippen LogP) is 2.83. The minimum atomic E-state index is -0.496. The third-order valence-corrected chi connectivity index (χ3v) is 5.70. The molecule has 1 aliphatic rings. The van der Waals surface area contributed by atoms with Gasteiger partial charge in [0.1, 0.15) is 0 Å². The topological polar surface area (TPSA) is 58.4 Å². The lowest BCUT2D eigenvalue weighted by Gasteiger charge is -2.26. The Labute approximate surface area is 140 Å². The van der Waals surface area contributed by atoms with Crippen LogP contribution in [0.2, 0.25) is 0 Å². The molecule has 2 aromatic rings. The Morgan fingerprint density at radius 2 is 2.30 bits per heavy atom. The molecule has 3 heterocycles. The van der Waals surface area contributed by atoms with Gasteiger partial charge >= 0.3 is 0 Å². The molecule has 0 radical (unpaired) electrons. The number of likely N-dealkylation sites (tertiary alicyclic amines) is 1. The zero-order chi connectivity index (χ0) is 16.6. The highest BCUT2D eigenvalue weighted by atomic mass is 32.1. The highest BCUT2D eigenvalue weighted by Crippen LogP contribution is 2.31. The van der Waals surface area contributed by atoms with Gasteiger partial charge in [-0.2, -0.15) is 5.10 Å². The van der Waals surface area contributed by atoms with Crippen molar-refractivity contribution in [2.45, 2.75) is 45.3 Å². The van der Waals surface area contributed by atoms with E-state index in [1.54, 1.807) is 16.0 Å². The van der Waals surface area contributed by atoms with Gasteiger partial charge in [-0.1, -0.05) is 6.07 Å². The molecule has 2 atom stereocenters. The predicted molar refractivity (Wildman–Crippen MR) is 90.6 cm³/mol. The summed E-state index contributed by atoms with van der Waals surface area (Å²) in [6, 6.07) is 3.99. The van der Waals surface area contributed by atoms with Gasteiger partial charge in [0.05, 0.1) is 17.4 Å². The van der Waals surface area contributed by atoms with Gasteiger partial charge in [-0.05, 0) is 44.6 Å². The molecular formula is C17H23N3O2S. The number of aliphatic hydroxyl groups is 1. The maximum atomic E-state index is 13.0. The highest BCUT2D eigenvalue weighted by Gasteiger charge is 2.33. The van der Waals surface area contributed by atoms with Crippen LogP contribution in [0, 0.1) is 13.8 Å². The van der Waals surface area contributed by atoms with Crippen LogP contribution in [-0.2, 0) is 7.05 Å². The smallest absolute Gasteiger partial charge is 0.257 e. The van der Waals surface area contributed by atoms with Gasteiger partial charge in [-0.25, -0.2) is 0 Å². The third-order valence-electron chi connectivity index (χ3n) is 4.73. The number of nitrogens with zero attached hydrogens (tertiary/aromatic N) is 3. The van der Waals surface area contributed by atoms with Crippen LogP contribution in [0.4, 0.5) is 0 Å². The van der Waals surface area contributed by atoms with Crippen molar-refractivity contribution in [3.63, 3.8) is 0 Å². The summed E-state index contributed by atoms with van der Waals surface area (Å²) >= 11 is 1.56. The summed E-state index contributed by atoms with van der Waals surface area (Å²) in [5, 5.41) is 16.7. The Balaban J connectivity index is 1.77. The number of rotatable bonds is 4. The van der Waals surface area contributed by atoms with Crippen molar-refractivity contribution < 1.29 is 9.90 Å². The third kappa shape index (κ3) is 3.05. The van der Waals surface area contributed by atoms with Crippen molar-refractivity contribution >= 4 is 17.2 Å². The van der Waals surface area contributed by atoms with Gasteiger partial charge in [0, 0.05) is 30.2 Å². The van der Waals surface area contributed by atoms with Crippen molar-refractivity contribution in [3.05, 3.63) is 39.3 Å². The maximum Gasteiger partial charge on any atom is 0.257 e. The Hall–Kier alpha value is -1.66. The number of carbonyl (C=O) groups is 1. The summed E-state index contributed by atoms with van der Waals surface area (Å²) in [4.78, 5) is 15.9. The van der Waals surface area contributed by atoms with Crippen molar-refractivity contribution in [2.75, 3.05) is 6.54 Å². The minimum Gasteiger partial charge on any atom is -0.387 e. The monoisotopic (exact) mass is 333 g/mol. The molecule has 1 amide bonds. The number of hydrogen-bond acceptors (Lipinski definition) is 4. The van der Waals surface area contributed by atoms with Gasteiger partial charge in [0.25, 0.3) is 5.91 Å². The number of thiophene rings is 1. The zero-order valence-electron chi connectivity index (χ0n) is 13.8. The van der Waals surface area contributed by atoms with E-state index in [-0.39, 0.29) is 11.9 Å². The number of hydrogen-bond donors (Lipinski definition) is 1. The van der Waals surface area contributed by atoms with Gasteiger partial charge in [-0.15, -0.1) is 11.3 Å². The lowest BCUT2D eigenvalue weighted by atomic mass is 10.0. The first-order valence-electron chi connectivity index (χ1n) is 8.01. The van der Waals surface area contributed by atoms with Gasteiger partial charge in [-0.3, -0.25) is 9.48 Å². The fourth-order valence-electron chi connectivity index (χ4n) is 3.43. The molecule has 0 unspecified atom stereocenters. The Morgan fingerprint density at radius 1 is 1.52 bits per heavy atom. The second-order valence-corrected chi connectivity index (χ2v) is 7.21. The fourth-order valence-corrected chi connectivity index (χ4v) is 4.15. The standard InChI is InChI=1S/C17H23N3O2S/c1-11-16(12(2)19(3)18-11)17(22)20-8-4-6-13(20)10-14(21)15-7-5-9-23-15/h5,7,9,13-14,21H,4,6,8,10H2,1-3H3/t13-,14-/m0/s1. The summed E-state index contributed by atoms with van der Waals surface area (Å²) in [5.41, 5.74) is 2.39. The van der Waals surface area contributed by atoms with Crippen LogP contribution < -0.4 is 0 Å². The second kappa shape index (κ2) is 6.45. The van der Waals surface area contributed by atoms with E-state index in [1.807, 2.05) is 43.3 Å². The molecule has 1 fully saturated rings. The molecule has 1 saturated heterocycles. The van der Waals surface area contributed by atoms with Gasteiger partial charge in [0.15, 0.2) is 0 Å². The van der Waals surface area contributed by atoms with Gasteiger partial charge < -0.3 is 10.0 Å². The molecule has 0 spiro atoms. The molecular weight excluding hydrogens is 310 g/mol. The molecule has 23 heavy (non-hydrogen) atoms. The van der Waals surface area contributed by atoms with Crippen LogP contribution in [0.3, 0.4) is 0 Å². The summed E-state index contributed by atoms with van der Waals surface area (Å²) < 4.78 is 1.76. The first kappa shape index (κ1) is 16.2. The molecule has 1 aliphatic heterocycles. The molecule has 6 heteroatoms. The van der Waals surface area contributed by atoms with E-state index in [9.17, 15) is 9.90 Å². The number of aryl methyl sites for hydroxylation is 2. The molecule has 0 aliphatic carbocycles. The first-order chi connectivity index (χ1) is 11.0. The summed E-state index contributed by atoms with van der Waals surface area (Å²) in [5.74, 6) is 0.0500. The van der Waals surface area contributed by atoms with Crippen LogP contribution in [0.15, 0.2) is 17.5 Å². The SMILES string of the molecule is Cc1nn(C)c(C)c1C(=O)N1CCC[C@H]1C[C@H](O)c1cccs1. The van der Waals surface area contributed by atoms with Crippen molar-refractivity contribution in [1.29, 1.82) is 0 Å². The quantitative estimate of drug-likeness (QED) is 0.936. The normalized spacial score (nSPS) is 19.3. The maximum absolute atomic E-state index is 13.0. The molecule has 5 nitrogen and oxygen atoms in total. The largest absolute Gasteiger partial charge is 0.387 e. The van der Waals surface area contributed by atoms with Gasteiger partial charge in [0.2, 0.25) is 0 Å². The molecule has 0 bridgehead atoms. The van der Waals surface area contributed by atoms with Crippen molar-refractivity contribution in [2.24, 2.45) is 7.05 Å². The molecule has 3 rings (SSSR count). The van der Waals surface area contributed by atoms with E-state index in [1.165, 1.54) is 0 Å². The van der Waals surface area contributed by atoms with E-state index < -0.39 is 6.10 Å².